The minimum absolute atomic E-state index is 0.139. The maximum absolute atomic E-state index is 3.75. The monoisotopic (exact) mass is 508 g/mol. The van der Waals surface area contributed by atoms with E-state index in [4.69, 9.17) is 0 Å². The quantitative estimate of drug-likeness (QED) is 0.323. The van der Waals surface area contributed by atoms with Crippen LogP contribution in [-0.4, -0.2) is 17.4 Å². The van der Waals surface area contributed by atoms with Crippen LogP contribution in [0.4, 0.5) is 0 Å². The Labute approximate surface area is 228 Å². The van der Waals surface area contributed by atoms with Gasteiger partial charge < -0.3 is 5.32 Å². The molecule has 0 amide bonds. The fraction of sp³-hybridized carbons (Fsp3) is 0.353. The number of hydrogen-bond acceptors (Lipinski definition) is 3. The van der Waals surface area contributed by atoms with Gasteiger partial charge in [0, 0.05) is 35.6 Å². The van der Waals surface area contributed by atoms with E-state index in [1.807, 2.05) is 11.9 Å². The molecule has 1 N–H and O–H groups in total. The van der Waals surface area contributed by atoms with Gasteiger partial charge in [-0.3, -0.25) is 0 Å². The van der Waals surface area contributed by atoms with Crippen molar-refractivity contribution in [3.63, 3.8) is 0 Å². The molecule has 0 aromatic heterocycles. The Balaban J connectivity index is 1.36. The summed E-state index contributed by atoms with van der Waals surface area (Å²) in [6.45, 7) is 12.2. The average Bonchev–Trinajstić information content (AvgIpc) is 2.88. The second-order valence-corrected chi connectivity index (χ2v) is 13.0. The van der Waals surface area contributed by atoms with E-state index in [1.54, 1.807) is 5.57 Å². The Bertz CT molecular complexity index is 1250. The molecule has 1 aliphatic carbocycles. The van der Waals surface area contributed by atoms with Crippen LogP contribution in [0.5, 0.6) is 0 Å². The third-order valence-electron chi connectivity index (χ3n) is 7.84. The molecule has 3 aromatic carbocycles. The van der Waals surface area contributed by atoms with Gasteiger partial charge in [0.15, 0.2) is 0 Å². The van der Waals surface area contributed by atoms with E-state index in [9.17, 15) is 0 Å². The molecule has 37 heavy (non-hydrogen) atoms. The van der Waals surface area contributed by atoms with Crippen molar-refractivity contribution in [1.29, 1.82) is 0 Å². The summed E-state index contributed by atoms with van der Waals surface area (Å²) < 4.78 is 2.61. The highest BCUT2D eigenvalue weighted by molar-refractivity contribution is 7.97. The Morgan fingerprint density at radius 3 is 2.16 bits per heavy atom. The highest BCUT2D eigenvalue weighted by atomic mass is 32.2. The SMILES string of the molecule is CC1=C(NCc2ccccc2)C=C2CCN(Sc3ccc(C(C)(C)C)cc3)CC2(Cc2ccccc2)C1. The highest BCUT2D eigenvalue weighted by Crippen LogP contribution is 2.48. The fourth-order valence-electron chi connectivity index (χ4n) is 5.78. The molecule has 1 saturated heterocycles. The van der Waals surface area contributed by atoms with Crippen LogP contribution in [0, 0.1) is 5.41 Å². The molecule has 3 heteroatoms. The first-order chi connectivity index (χ1) is 17.8. The number of hydrogen-bond donors (Lipinski definition) is 1. The number of piperidine rings is 1. The summed E-state index contributed by atoms with van der Waals surface area (Å²) in [5.41, 5.74) is 8.88. The smallest absolute Gasteiger partial charge is 0.0400 e. The maximum Gasteiger partial charge on any atom is 0.0400 e. The Morgan fingerprint density at radius 2 is 1.51 bits per heavy atom. The van der Waals surface area contributed by atoms with Crippen LogP contribution in [-0.2, 0) is 18.4 Å². The zero-order valence-corrected chi connectivity index (χ0v) is 23.6. The van der Waals surface area contributed by atoms with Crippen molar-refractivity contribution in [3.8, 4) is 0 Å². The molecule has 0 radical (unpaired) electrons. The van der Waals surface area contributed by atoms with E-state index in [-0.39, 0.29) is 10.8 Å². The Kier molecular flexibility index (Phi) is 7.65. The van der Waals surface area contributed by atoms with Crippen LogP contribution in [0.15, 0.2) is 113 Å². The van der Waals surface area contributed by atoms with E-state index in [1.165, 1.54) is 32.9 Å². The summed E-state index contributed by atoms with van der Waals surface area (Å²) >= 11 is 1.93. The lowest BCUT2D eigenvalue weighted by Crippen LogP contribution is -2.45. The van der Waals surface area contributed by atoms with Gasteiger partial charge in [-0.1, -0.05) is 99.1 Å². The predicted molar refractivity (Wildman–Crippen MR) is 158 cm³/mol. The first-order valence-electron chi connectivity index (χ1n) is 13.6. The van der Waals surface area contributed by atoms with Gasteiger partial charge in [0.25, 0.3) is 0 Å². The number of fused-ring (bicyclic) bond motifs is 1. The number of allylic oxidation sites excluding steroid dienone is 2. The predicted octanol–water partition coefficient (Wildman–Crippen LogP) is 8.32. The standard InChI is InChI=1S/C34H40N2S/c1-26-22-34(23-27-11-7-5-8-12-27)25-36(37-31-17-15-29(16-18-31)33(2,3)4)20-19-30(34)21-32(26)35-24-28-13-9-6-10-14-28/h5-18,21,35H,19-20,22-25H2,1-4H3. The molecule has 2 aliphatic rings. The zero-order valence-electron chi connectivity index (χ0n) is 22.8. The van der Waals surface area contributed by atoms with Crippen molar-refractivity contribution in [2.75, 3.05) is 13.1 Å². The van der Waals surface area contributed by atoms with Crippen LogP contribution >= 0.6 is 11.9 Å². The molecular formula is C34H40N2S. The van der Waals surface area contributed by atoms with Crippen molar-refractivity contribution in [2.45, 2.75) is 63.8 Å². The first kappa shape index (κ1) is 25.9. The summed E-state index contributed by atoms with van der Waals surface area (Å²) in [6.07, 6.45) is 5.79. The first-order valence-corrected chi connectivity index (χ1v) is 14.3. The normalized spacial score (nSPS) is 20.4. The summed E-state index contributed by atoms with van der Waals surface area (Å²) in [5, 5.41) is 3.75. The molecule has 1 unspecified atom stereocenters. The van der Waals surface area contributed by atoms with Crippen LogP contribution < -0.4 is 5.32 Å². The van der Waals surface area contributed by atoms with Gasteiger partial charge >= 0.3 is 0 Å². The van der Waals surface area contributed by atoms with Gasteiger partial charge in [-0.2, -0.15) is 0 Å². The largest absolute Gasteiger partial charge is 0.381 e. The second kappa shape index (κ2) is 10.9. The number of rotatable bonds is 7. The topological polar surface area (TPSA) is 15.3 Å². The summed E-state index contributed by atoms with van der Waals surface area (Å²) in [5.74, 6) is 0. The molecule has 2 nitrogen and oxygen atoms in total. The van der Waals surface area contributed by atoms with Crippen LogP contribution in [0.1, 0.15) is 57.2 Å². The number of nitrogens with one attached hydrogen (secondary N) is 1. The van der Waals surface area contributed by atoms with E-state index in [0.717, 1.165) is 38.9 Å². The van der Waals surface area contributed by atoms with Crippen LogP contribution in [0.3, 0.4) is 0 Å². The molecule has 1 fully saturated rings. The number of benzene rings is 3. The van der Waals surface area contributed by atoms with E-state index < -0.39 is 0 Å². The Hall–Kier alpha value is -2.75. The van der Waals surface area contributed by atoms with Crippen molar-refractivity contribution in [2.24, 2.45) is 5.41 Å². The van der Waals surface area contributed by atoms with E-state index >= 15 is 0 Å². The number of nitrogens with zero attached hydrogens (tertiary/aromatic N) is 1. The molecule has 1 heterocycles. The molecule has 5 rings (SSSR count). The van der Waals surface area contributed by atoms with Gasteiger partial charge in [-0.25, -0.2) is 4.31 Å². The molecule has 0 bridgehead atoms. The van der Waals surface area contributed by atoms with Gasteiger partial charge in [-0.15, -0.1) is 0 Å². The van der Waals surface area contributed by atoms with Crippen molar-refractivity contribution >= 4 is 11.9 Å². The third kappa shape index (κ3) is 6.22. The molecule has 1 atom stereocenters. The van der Waals surface area contributed by atoms with Crippen molar-refractivity contribution < 1.29 is 0 Å². The minimum Gasteiger partial charge on any atom is -0.381 e. The average molecular weight is 509 g/mol. The zero-order chi connectivity index (χ0) is 25.9. The van der Waals surface area contributed by atoms with Gasteiger partial charge in [-0.05, 0) is 84.0 Å². The summed E-state index contributed by atoms with van der Waals surface area (Å²) in [6, 6.07) is 31.0. The lowest BCUT2D eigenvalue weighted by atomic mass is 9.65. The van der Waals surface area contributed by atoms with Crippen LogP contribution in [0.25, 0.3) is 0 Å². The molecule has 192 valence electrons. The minimum atomic E-state index is 0.139. The van der Waals surface area contributed by atoms with Gasteiger partial charge in [0.05, 0.1) is 0 Å². The molecule has 0 saturated carbocycles. The van der Waals surface area contributed by atoms with E-state index in [0.29, 0.717) is 0 Å². The lowest BCUT2D eigenvalue weighted by molar-refractivity contribution is 0.217. The third-order valence-corrected chi connectivity index (χ3v) is 8.89. The van der Waals surface area contributed by atoms with Crippen molar-refractivity contribution in [1.82, 2.24) is 9.62 Å². The second-order valence-electron chi connectivity index (χ2n) is 11.8. The summed E-state index contributed by atoms with van der Waals surface area (Å²) in [4.78, 5) is 1.34. The maximum atomic E-state index is 3.75. The molecule has 0 spiro atoms. The fourth-order valence-corrected chi connectivity index (χ4v) is 6.83. The lowest BCUT2D eigenvalue weighted by Gasteiger charge is -2.47. The molecular weight excluding hydrogens is 468 g/mol. The molecule has 3 aromatic rings. The van der Waals surface area contributed by atoms with Gasteiger partial charge in [0.2, 0.25) is 0 Å². The van der Waals surface area contributed by atoms with E-state index in [2.05, 4.69) is 128 Å². The van der Waals surface area contributed by atoms with Gasteiger partial charge in [0.1, 0.15) is 0 Å². The summed E-state index contributed by atoms with van der Waals surface area (Å²) in [7, 11) is 0. The molecule has 1 aliphatic heterocycles. The van der Waals surface area contributed by atoms with Crippen molar-refractivity contribution in [3.05, 3.63) is 125 Å². The van der Waals surface area contributed by atoms with Crippen LogP contribution in [0.2, 0.25) is 0 Å². The highest BCUT2D eigenvalue weighted by Gasteiger charge is 2.42. The Morgan fingerprint density at radius 1 is 0.865 bits per heavy atom.